The van der Waals surface area contributed by atoms with Crippen LogP contribution in [0, 0.1) is 0 Å². The van der Waals surface area contributed by atoms with Crippen LogP contribution in [0.5, 0.6) is 0 Å². The molecule has 132 valence electrons. The van der Waals surface area contributed by atoms with E-state index >= 15 is 0 Å². The molecule has 0 saturated carbocycles. The molecule has 2 aromatic rings. The third-order valence-electron chi connectivity index (χ3n) is 2.91. The van der Waals surface area contributed by atoms with Gasteiger partial charge in [-0.3, -0.25) is 0 Å². The molecule has 0 aromatic carbocycles. The fraction of sp³-hybridized carbons (Fsp3) is 0.500. The molecule has 0 N–H and O–H groups in total. The van der Waals surface area contributed by atoms with Gasteiger partial charge in [0.15, 0.2) is 0 Å². The Hall–Kier alpha value is -1.24. The number of esters is 1. The molecule has 0 aliphatic rings. The van der Waals surface area contributed by atoms with Gasteiger partial charge < -0.3 is 0 Å². The third-order valence-corrected chi connectivity index (χ3v) is 5.94. The Kier molecular flexibility index (Phi) is 6.95. The molecule has 0 saturated heterocycles. The summed E-state index contributed by atoms with van der Waals surface area (Å²) in [6, 6.07) is 1.53. The molecule has 0 aliphatic carbocycles. The number of ether oxygens (including phenoxy) is 1. The number of nitrogens with zero attached hydrogens (tertiary/aromatic N) is 2. The van der Waals surface area contributed by atoms with E-state index in [1.165, 1.54) is 6.07 Å². The van der Waals surface area contributed by atoms with Crippen molar-refractivity contribution in [1.29, 1.82) is 0 Å². The number of aromatic nitrogens is 2. The summed E-state index contributed by atoms with van der Waals surface area (Å²) in [4.78, 5) is 14.0. The van der Waals surface area contributed by atoms with Gasteiger partial charge in [-0.2, -0.15) is 0 Å². The number of carbonyl (C=O) groups excluding carboxylic acids is 1. The van der Waals surface area contributed by atoms with E-state index in [0.717, 1.165) is 0 Å². The van der Waals surface area contributed by atoms with E-state index < -0.39 is 13.6 Å². The summed E-state index contributed by atoms with van der Waals surface area (Å²) in [5.74, 6) is 0.0306. The number of carbonyl (C=O) groups is 1. The van der Waals surface area contributed by atoms with Gasteiger partial charge in [0.25, 0.3) is 0 Å². The first-order chi connectivity index (χ1) is 11.5. The molecule has 0 radical (unpaired) electrons. The van der Waals surface area contributed by atoms with Gasteiger partial charge in [0, 0.05) is 0 Å². The molecule has 24 heavy (non-hydrogen) atoms. The van der Waals surface area contributed by atoms with Crippen molar-refractivity contribution in [2.45, 2.75) is 26.9 Å². The van der Waals surface area contributed by atoms with Gasteiger partial charge in [0.05, 0.1) is 0 Å². The summed E-state index contributed by atoms with van der Waals surface area (Å²) >= 11 is -0.0711. The van der Waals surface area contributed by atoms with Crippen molar-refractivity contribution in [3.8, 4) is 11.5 Å². The van der Waals surface area contributed by atoms with Crippen LogP contribution in [0.2, 0.25) is 0 Å². The van der Waals surface area contributed by atoms with Crippen molar-refractivity contribution in [1.82, 2.24) is 9.19 Å². The van der Waals surface area contributed by atoms with Gasteiger partial charge in [0.1, 0.15) is 0 Å². The first kappa shape index (κ1) is 19.1. The minimum atomic E-state index is -3.42. The maximum absolute atomic E-state index is 12.7. The number of hydrogen-bond donors (Lipinski definition) is 0. The minimum absolute atomic E-state index is 0.0711. The molecule has 10 heteroatoms. The van der Waals surface area contributed by atoms with E-state index in [1.54, 1.807) is 20.8 Å². The summed E-state index contributed by atoms with van der Waals surface area (Å²) in [5, 5.41) is 3.97. The third kappa shape index (κ3) is 4.65. The summed E-state index contributed by atoms with van der Waals surface area (Å²) in [6.45, 7) is 5.82. The Bertz CT molecular complexity index is 705. The quantitative estimate of drug-likeness (QED) is 0.346. The molecule has 2 rings (SSSR count). The summed E-state index contributed by atoms with van der Waals surface area (Å²) in [6.07, 6.45) is -0.154. The molecule has 0 aliphatic heterocycles. The van der Waals surface area contributed by atoms with Crippen LogP contribution >= 0.6 is 7.60 Å². The SMILES string of the molecule is CCOC(=O)c1cc(-c2c[se]nn2)oc1CP(=O)(OCC)OCC. The molecule has 0 amide bonds. The van der Waals surface area contributed by atoms with E-state index in [2.05, 4.69) is 9.19 Å². The van der Waals surface area contributed by atoms with Crippen LogP contribution in [-0.4, -0.2) is 49.7 Å². The van der Waals surface area contributed by atoms with Gasteiger partial charge in [-0.05, 0) is 0 Å². The van der Waals surface area contributed by atoms with Gasteiger partial charge in [-0.25, -0.2) is 0 Å². The van der Waals surface area contributed by atoms with E-state index in [9.17, 15) is 9.36 Å². The van der Waals surface area contributed by atoms with Crippen molar-refractivity contribution in [2.75, 3.05) is 19.8 Å². The average molecular weight is 421 g/mol. The zero-order valence-electron chi connectivity index (χ0n) is 13.7. The molecular weight excluding hydrogens is 402 g/mol. The Labute approximate surface area is 146 Å². The van der Waals surface area contributed by atoms with Crippen molar-refractivity contribution < 1.29 is 27.6 Å². The predicted molar refractivity (Wildman–Crippen MR) is 87.2 cm³/mol. The second-order valence-electron chi connectivity index (χ2n) is 4.56. The standard InChI is InChI=1S/C14H19N2O6PSe/c1-4-19-14(17)10-7-12(11-9-24-16-15-11)22-13(10)8-23(18,20-5-2)21-6-3/h7,9H,4-6,8H2,1-3H3. The molecule has 0 bridgehead atoms. The zero-order valence-corrected chi connectivity index (χ0v) is 16.3. The van der Waals surface area contributed by atoms with E-state index in [4.69, 9.17) is 18.2 Å². The van der Waals surface area contributed by atoms with Gasteiger partial charge in [0.2, 0.25) is 0 Å². The van der Waals surface area contributed by atoms with Crippen molar-refractivity contribution in [2.24, 2.45) is 0 Å². The Balaban J connectivity index is 2.39. The normalized spacial score (nSPS) is 11.6. The molecule has 0 spiro atoms. The molecule has 2 aromatic heterocycles. The van der Waals surface area contributed by atoms with Crippen molar-refractivity contribution in [3.05, 3.63) is 22.3 Å². The molecule has 8 nitrogen and oxygen atoms in total. The monoisotopic (exact) mass is 422 g/mol. The fourth-order valence-electron chi connectivity index (χ4n) is 2.02. The van der Waals surface area contributed by atoms with Crippen LogP contribution in [-0.2, 0) is 24.5 Å². The topological polar surface area (TPSA) is 101 Å². The first-order valence-electron chi connectivity index (χ1n) is 7.48. The predicted octanol–water partition coefficient (Wildman–Crippen LogP) is 2.74. The van der Waals surface area contributed by atoms with Crippen LogP contribution in [0.1, 0.15) is 36.9 Å². The Morgan fingerprint density at radius 2 is 1.96 bits per heavy atom. The Morgan fingerprint density at radius 1 is 1.25 bits per heavy atom. The average Bonchev–Trinajstić information content (AvgIpc) is 3.16. The zero-order chi connectivity index (χ0) is 17.6. The van der Waals surface area contributed by atoms with Crippen LogP contribution in [0.25, 0.3) is 11.5 Å². The molecule has 2 heterocycles. The molecular formula is C14H19N2O6PSe. The Morgan fingerprint density at radius 3 is 2.50 bits per heavy atom. The van der Waals surface area contributed by atoms with Gasteiger partial charge in [-0.1, -0.05) is 0 Å². The number of hydrogen-bond acceptors (Lipinski definition) is 8. The summed E-state index contributed by atoms with van der Waals surface area (Å²) < 4.78 is 37.9. The van der Waals surface area contributed by atoms with E-state index in [0.29, 0.717) is 11.5 Å². The molecule has 0 fully saturated rings. The van der Waals surface area contributed by atoms with Gasteiger partial charge in [-0.15, -0.1) is 0 Å². The van der Waals surface area contributed by atoms with Crippen LogP contribution in [0.15, 0.2) is 15.4 Å². The first-order valence-corrected chi connectivity index (χ1v) is 11.0. The molecule has 0 atom stereocenters. The van der Waals surface area contributed by atoms with Crippen LogP contribution in [0.4, 0.5) is 0 Å². The number of rotatable bonds is 9. The van der Waals surface area contributed by atoms with Crippen molar-refractivity contribution >= 4 is 28.3 Å². The summed E-state index contributed by atoms with van der Waals surface area (Å²) in [7, 11) is -3.42. The maximum atomic E-state index is 12.7. The van der Waals surface area contributed by atoms with Crippen molar-refractivity contribution in [3.63, 3.8) is 0 Å². The van der Waals surface area contributed by atoms with Crippen LogP contribution < -0.4 is 0 Å². The van der Waals surface area contributed by atoms with E-state index in [-0.39, 0.29) is 52.0 Å². The fourth-order valence-corrected chi connectivity index (χ4v) is 4.59. The summed E-state index contributed by atoms with van der Waals surface area (Å²) in [5.41, 5.74) is 0.747. The van der Waals surface area contributed by atoms with E-state index in [1.807, 2.05) is 4.94 Å². The van der Waals surface area contributed by atoms with Crippen LogP contribution in [0.3, 0.4) is 0 Å². The molecule has 0 unspecified atom stereocenters. The second kappa shape index (κ2) is 8.74. The van der Waals surface area contributed by atoms with Gasteiger partial charge >= 0.3 is 146 Å². The number of furan rings is 1. The second-order valence-corrected chi connectivity index (χ2v) is 7.90.